The molecular weight excluding hydrogens is 255 g/mol. The Morgan fingerprint density at radius 2 is 1.90 bits per heavy atom. The minimum Gasteiger partial charge on any atom is -0.352 e. The molecule has 0 saturated carbocycles. The first kappa shape index (κ1) is 16.6. The molecule has 1 rings (SSSR count). The number of halogens is 1. The van der Waals surface area contributed by atoms with E-state index in [9.17, 15) is 9.18 Å². The number of amides is 1. The highest BCUT2D eigenvalue weighted by Crippen LogP contribution is 2.15. The van der Waals surface area contributed by atoms with Crippen LogP contribution in [0.4, 0.5) is 4.39 Å². The number of nitrogens with one attached hydrogen (secondary N) is 1. The Labute approximate surface area is 120 Å². The largest absolute Gasteiger partial charge is 0.352 e. The summed E-state index contributed by atoms with van der Waals surface area (Å²) in [6.07, 6.45) is 2.31. The van der Waals surface area contributed by atoms with Crippen molar-refractivity contribution in [1.29, 1.82) is 0 Å². The zero-order valence-electron chi connectivity index (χ0n) is 12.6. The monoisotopic (exact) mass is 280 g/mol. The van der Waals surface area contributed by atoms with Gasteiger partial charge in [0.25, 0.3) is 0 Å². The molecule has 1 atom stereocenters. The molecule has 1 unspecified atom stereocenters. The summed E-state index contributed by atoms with van der Waals surface area (Å²) in [4.78, 5) is 11.7. The molecule has 20 heavy (non-hydrogen) atoms. The molecule has 1 aromatic rings. The molecule has 0 aliphatic rings. The summed E-state index contributed by atoms with van der Waals surface area (Å²) >= 11 is 0. The second-order valence-electron chi connectivity index (χ2n) is 5.54. The van der Waals surface area contributed by atoms with Gasteiger partial charge in [-0.25, -0.2) is 4.39 Å². The average molecular weight is 280 g/mol. The molecular formula is C16H25FN2O. The van der Waals surface area contributed by atoms with Crippen LogP contribution < -0.4 is 11.1 Å². The Balaban J connectivity index is 2.41. The minimum atomic E-state index is -0.171. The number of carbonyl (C=O) groups is 1. The average Bonchev–Trinajstić information content (AvgIpc) is 2.40. The fourth-order valence-corrected chi connectivity index (χ4v) is 2.23. The first-order valence-electron chi connectivity index (χ1n) is 7.16. The summed E-state index contributed by atoms with van der Waals surface area (Å²) < 4.78 is 13.5. The summed E-state index contributed by atoms with van der Waals surface area (Å²) in [5, 5.41) is 2.88. The van der Waals surface area contributed by atoms with E-state index in [4.69, 9.17) is 5.73 Å². The van der Waals surface area contributed by atoms with E-state index in [1.54, 1.807) is 26.0 Å². The molecule has 0 aromatic heterocycles. The topological polar surface area (TPSA) is 55.1 Å². The second-order valence-corrected chi connectivity index (χ2v) is 5.54. The molecule has 0 fully saturated rings. The van der Waals surface area contributed by atoms with E-state index in [-0.39, 0.29) is 11.7 Å². The van der Waals surface area contributed by atoms with Crippen molar-refractivity contribution in [2.45, 2.75) is 46.6 Å². The van der Waals surface area contributed by atoms with Gasteiger partial charge in [-0.15, -0.1) is 0 Å². The predicted octanol–water partition coefficient (Wildman–Crippen LogP) is 2.82. The predicted molar refractivity (Wildman–Crippen MR) is 79.8 cm³/mol. The molecule has 3 N–H and O–H groups in total. The standard InChI is InChI=1S/C16H25FN2O/c1-11(6-7-18)4-5-15(20)19-10-14-8-12(2)16(17)13(3)9-14/h8-9,11H,4-7,10,18H2,1-3H3,(H,19,20). The molecule has 0 heterocycles. The van der Waals surface area contributed by atoms with Gasteiger partial charge in [0.05, 0.1) is 0 Å². The van der Waals surface area contributed by atoms with E-state index in [2.05, 4.69) is 12.2 Å². The Morgan fingerprint density at radius 1 is 1.30 bits per heavy atom. The minimum absolute atomic E-state index is 0.0357. The first-order chi connectivity index (χ1) is 9.43. The lowest BCUT2D eigenvalue weighted by atomic mass is 10.0. The van der Waals surface area contributed by atoms with Crippen molar-refractivity contribution in [3.63, 3.8) is 0 Å². The number of aryl methyl sites for hydroxylation is 2. The van der Waals surface area contributed by atoms with Crippen molar-refractivity contribution in [2.24, 2.45) is 11.7 Å². The summed E-state index contributed by atoms with van der Waals surface area (Å²) in [7, 11) is 0. The van der Waals surface area contributed by atoms with Crippen LogP contribution >= 0.6 is 0 Å². The van der Waals surface area contributed by atoms with Gasteiger partial charge in [-0.2, -0.15) is 0 Å². The van der Waals surface area contributed by atoms with Crippen LogP contribution in [0.5, 0.6) is 0 Å². The maximum atomic E-state index is 13.5. The number of benzene rings is 1. The maximum Gasteiger partial charge on any atom is 0.220 e. The fraction of sp³-hybridized carbons (Fsp3) is 0.562. The van der Waals surface area contributed by atoms with Crippen LogP contribution in [0.1, 0.15) is 42.9 Å². The number of hydrogen-bond acceptors (Lipinski definition) is 2. The van der Waals surface area contributed by atoms with Crippen molar-refractivity contribution < 1.29 is 9.18 Å². The summed E-state index contributed by atoms with van der Waals surface area (Å²) in [5.74, 6) is 0.338. The summed E-state index contributed by atoms with van der Waals surface area (Å²) in [5.41, 5.74) is 7.65. The van der Waals surface area contributed by atoms with Gasteiger partial charge in [0, 0.05) is 13.0 Å². The van der Waals surface area contributed by atoms with Crippen LogP contribution in [-0.2, 0) is 11.3 Å². The smallest absolute Gasteiger partial charge is 0.220 e. The Bertz CT molecular complexity index is 437. The van der Waals surface area contributed by atoms with Gasteiger partial charge in [0.15, 0.2) is 0 Å². The quantitative estimate of drug-likeness (QED) is 0.807. The van der Waals surface area contributed by atoms with Gasteiger partial charge in [0.2, 0.25) is 5.91 Å². The molecule has 112 valence electrons. The van der Waals surface area contributed by atoms with Crippen LogP contribution in [-0.4, -0.2) is 12.5 Å². The van der Waals surface area contributed by atoms with Crippen LogP contribution in [0.3, 0.4) is 0 Å². The fourth-order valence-electron chi connectivity index (χ4n) is 2.23. The molecule has 1 aromatic carbocycles. The lowest BCUT2D eigenvalue weighted by Crippen LogP contribution is -2.23. The van der Waals surface area contributed by atoms with Crippen LogP contribution in [0, 0.1) is 25.6 Å². The van der Waals surface area contributed by atoms with Crippen molar-refractivity contribution in [3.8, 4) is 0 Å². The number of hydrogen-bond donors (Lipinski definition) is 2. The van der Waals surface area contributed by atoms with Gasteiger partial charge in [-0.05, 0) is 55.8 Å². The van der Waals surface area contributed by atoms with Crippen molar-refractivity contribution >= 4 is 5.91 Å². The highest BCUT2D eigenvalue weighted by atomic mass is 19.1. The lowest BCUT2D eigenvalue weighted by molar-refractivity contribution is -0.121. The van der Waals surface area contributed by atoms with E-state index in [0.29, 0.717) is 36.6 Å². The first-order valence-corrected chi connectivity index (χ1v) is 7.16. The normalized spacial score (nSPS) is 12.2. The molecule has 0 bridgehead atoms. The molecule has 3 nitrogen and oxygen atoms in total. The zero-order chi connectivity index (χ0) is 15.1. The van der Waals surface area contributed by atoms with E-state index >= 15 is 0 Å². The van der Waals surface area contributed by atoms with Crippen molar-refractivity contribution in [3.05, 3.63) is 34.6 Å². The molecule has 4 heteroatoms. The zero-order valence-corrected chi connectivity index (χ0v) is 12.6. The van der Waals surface area contributed by atoms with Gasteiger partial charge in [0.1, 0.15) is 5.82 Å². The molecule has 0 saturated heterocycles. The Kier molecular flexibility index (Phi) is 6.65. The maximum absolute atomic E-state index is 13.5. The van der Waals surface area contributed by atoms with E-state index in [1.165, 1.54) is 0 Å². The van der Waals surface area contributed by atoms with Gasteiger partial charge >= 0.3 is 0 Å². The highest BCUT2D eigenvalue weighted by molar-refractivity contribution is 5.75. The van der Waals surface area contributed by atoms with Crippen molar-refractivity contribution in [1.82, 2.24) is 5.32 Å². The number of carbonyl (C=O) groups excluding carboxylic acids is 1. The van der Waals surface area contributed by atoms with Gasteiger partial charge in [-0.3, -0.25) is 4.79 Å². The second kappa shape index (κ2) is 8.00. The van der Waals surface area contributed by atoms with E-state index in [0.717, 1.165) is 18.4 Å². The third-order valence-electron chi connectivity index (χ3n) is 3.51. The van der Waals surface area contributed by atoms with E-state index in [1.807, 2.05) is 0 Å². The van der Waals surface area contributed by atoms with Gasteiger partial charge < -0.3 is 11.1 Å². The Hall–Kier alpha value is -1.42. The molecule has 1 amide bonds. The Morgan fingerprint density at radius 3 is 2.45 bits per heavy atom. The van der Waals surface area contributed by atoms with Crippen LogP contribution in [0.2, 0.25) is 0 Å². The SMILES string of the molecule is Cc1cc(CNC(=O)CCC(C)CCN)cc(C)c1F. The summed E-state index contributed by atoms with van der Waals surface area (Å²) in [6, 6.07) is 3.55. The lowest BCUT2D eigenvalue weighted by Gasteiger charge is -2.11. The van der Waals surface area contributed by atoms with Crippen molar-refractivity contribution in [2.75, 3.05) is 6.54 Å². The van der Waals surface area contributed by atoms with Gasteiger partial charge in [-0.1, -0.05) is 19.1 Å². The van der Waals surface area contributed by atoms with Crippen LogP contribution in [0.15, 0.2) is 12.1 Å². The van der Waals surface area contributed by atoms with E-state index < -0.39 is 0 Å². The molecule has 0 radical (unpaired) electrons. The molecule has 0 aliphatic heterocycles. The molecule has 0 spiro atoms. The van der Waals surface area contributed by atoms with Crippen LogP contribution in [0.25, 0.3) is 0 Å². The molecule has 0 aliphatic carbocycles. The summed E-state index contributed by atoms with van der Waals surface area (Å²) in [6.45, 7) is 6.69. The third-order valence-corrected chi connectivity index (χ3v) is 3.51. The number of nitrogens with two attached hydrogens (primary N) is 1. The highest BCUT2D eigenvalue weighted by Gasteiger charge is 2.08. The third kappa shape index (κ3) is 5.29. The number of rotatable bonds is 7.